The smallest absolute Gasteiger partial charge is 0.338 e. The fraction of sp³-hybridized carbons (Fsp3) is 0.532. The summed E-state index contributed by atoms with van der Waals surface area (Å²) in [6.45, 7) is 27.4. The molecule has 1 rings (SSSR count). The van der Waals surface area contributed by atoms with E-state index >= 15 is 0 Å². The Bertz CT molecular complexity index is 1820. The second kappa shape index (κ2) is 37.1. The Hall–Kier alpha value is -4.17. The van der Waals surface area contributed by atoms with Crippen molar-refractivity contribution in [3.8, 4) is 0 Å². The Labute approximate surface area is 396 Å². The van der Waals surface area contributed by atoms with E-state index in [2.05, 4.69) is 144 Å². The van der Waals surface area contributed by atoms with Crippen molar-refractivity contribution in [1.29, 1.82) is 0 Å². The van der Waals surface area contributed by atoms with E-state index in [0.29, 0.717) is 12.2 Å². The first-order chi connectivity index (χ1) is 30.6. The third kappa shape index (κ3) is 34.3. The summed E-state index contributed by atoms with van der Waals surface area (Å²) in [6, 6.07) is 9.16. The van der Waals surface area contributed by atoms with Gasteiger partial charge in [-0.25, -0.2) is 4.79 Å². The molecule has 0 aliphatic heterocycles. The predicted molar refractivity (Wildman–Crippen MR) is 286 cm³/mol. The summed E-state index contributed by atoms with van der Waals surface area (Å²) >= 11 is 0. The molecule has 0 saturated heterocycles. The van der Waals surface area contributed by atoms with Crippen molar-refractivity contribution in [2.75, 3.05) is 6.61 Å². The van der Waals surface area contributed by atoms with Crippen LogP contribution in [-0.2, 0) is 4.74 Å². The molecular formula is C62H94O2. The molecule has 0 bridgehead atoms. The van der Waals surface area contributed by atoms with Gasteiger partial charge in [-0.1, -0.05) is 140 Å². The molecule has 0 N–H and O–H groups in total. The van der Waals surface area contributed by atoms with Gasteiger partial charge in [-0.3, -0.25) is 0 Å². The Balaban J connectivity index is 2.21. The molecule has 0 radical (unpaired) electrons. The SMILES string of the molecule is CC(C)=CCC/C(C)=C/C/C=C(\C)CCC/C(C)=C/CC/C(C)=C/CC/C(C)=C/CC/C(C)=C/CC/C(C)=C/CC/C(C)=C/CC/C(C)=C/CC/C(C)=C/COC(=O)c1ccccc1. The molecule has 2 heteroatoms. The van der Waals surface area contributed by atoms with Crippen LogP contribution in [0.2, 0.25) is 0 Å². The third-order valence-electron chi connectivity index (χ3n) is 12.0. The number of carbonyl (C=O) groups excluding carboxylic acids is 1. The van der Waals surface area contributed by atoms with Gasteiger partial charge in [-0.05, 0) is 230 Å². The van der Waals surface area contributed by atoms with E-state index in [1.165, 1.54) is 94.3 Å². The van der Waals surface area contributed by atoms with Crippen molar-refractivity contribution in [1.82, 2.24) is 0 Å². The summed E-state index contributed by atoms with van der Waals surface area (Å²) < 4.78 is 5.38. The molecule has 354 valence electrons. The lowest BCUT2D eigenvalue weighted by atomic mass is 10.0. The summed E-state index contributed by atoms with van der Waals surface area (Å²) in [4.78, 5) is 12.1. The number of hydrogen-bond acceptors (Lipinski definition) is 2. The molecule has 0 aliphatic rings. The van der Waals surface area contributed by atoms with Crippen LogP contribution in [0.15, 0.2) is 158 Å². The Morgan fingerprint density at radius 1 is 0.359 bits per heavy atom. The average Bonchev–Trinajstić information content (AvgIpc) is 3.23. The van der Waals surface area contributed by atoms with Gasteiger partial charge in [0.05, 0.1) is 5.56 Å². The second-order valence-corrected chi connectivity index (χ2v) is 19.1. The monoisotopic (exact) mass is 871 g/mol. The maximum absolute atomic E-state index is 12.1. The molecule has 0 atom stereocenters. The topological polar surface area (TPSA) is 26.3 Å². The van der Waals surface area contributed by atoms with Gasteiger partial charge in [-0.2, -0.15) is 0 Å². The van der Waals surface area contributed by atoms with E-state index in [9.17, 15) is 4.79 Å². The van der Waals surface area contributed by atoms with Crippen LogP contribution in [0.3, 0.4) is 0 Å². The van der Waals surface area contributed by atoms with E-state index in [0.717, 1.165) is 89.9 Å². The lowest BCUT2D eigenvalue weighted by molar-refractivity contribution is 0.0549. The number of allylic oxidation sites excluding steroid dienone is 21. The Morgan fingerprint density at radius 2 is 0.641 bits per heavy atom. The molecule has 0 aliphatic carbocycles. The van der Waals surface area contributed by atoms with E-state index < -0.39 is 0 Å². The Kier molecular flexibility index (Phi) is 33.5. The van der Waals surface area contributed by atoms with Crippen LogP contribution in [-0.4, -0.2) is 12.6 Å². The van der Waals surface area contributed by atoms with Crippen LogP contribution < -0.4 is 0 Å². The minimum Gasteiger partial charge on any atom is -0.458 e. The van der Waals surface area contributed by atoms with Gasteiger partial charge < -0.3 is 4.74 Å². The summed E-state index contributed by atoms with van der Waals surface area (Å²) in [5.41, 5.74) is 16.9. The van der Waals surface area contributed by atoms with Crippen LogP contribution >= 0.6 is 0 Å². The highest BCUT2D eigenvalue weighted by molar-refractivity contribution is 5.89. The highest BCUT2D eigenvalue weighted by Gasteiger charge is 2.04. The van der Waals surface area contributed by atoms with E-state index in [-0.39, 0.29) is 5.97 Å². The minimum atomic E-state index is -0.270. The minimum absolute atomic E-state index is 0.270. The van der Waals surface area contributed by atoms with Gasteiger partial charge in [-0.15, -0.1) is 0 Å². The molecule has 0 unspecified atom stereocenters. The first kappa shape index (κ1) is 57.8. The number of benzene rings is 1. The number of rotatable bonds is 33. The van der Waals surface area contributed by atoms with Crippen LogP contribution in [0.4, 0.5) is 0 Å². The van der Waals surface area contributed by atoms with E-state index in [1.807, 2.05) is 24.3 Å². The molecule has 0 saturated carbocycles. The normalized spacial score (nSPS) is 14.4. The van der Waals surface area contributed by atoms with Crippen molar-refractivity contribution in [2.45, 2.75) is 212 Å². The van der Waals surface area contributed by atoms with Crippen LogP contribution in [0, 0.1) is 0 Å². The lowest BCUT2D eigenvalue weighted by Gasteiger charge is -2.05. The average molecular weight is 871 g/mol. The quantitative estimate of drug-likeness (QED) is 0.0520. The zero-order valence-corrected chi connectivity index (χ0v) is 43.4. The number of esters is 1. The molecule has 0 amide bonds. The number of carbonyl (C=O) groups is 1. The van der Waals surface area contributed by atoms with Gasteiger partial charge in [0.15, 0.2) is 0 Å². The molecular weight excluding hydrogens is 777 g/mol. The molecule has 0 aromatic heterocycles. The molecule has 0 spiro atoms. The fourth-order valence-electron chi connectivity index (χ4n) is 7.46. The predicted octanol–water partition coefficient (Wildman–Crippen LogP) is 20.1. The highest BCUT2D eigenvalue weighted by Crippen LogP contribution is 2.19. The van der Waals surface area contributed by atoms with Gasteiger partial charge in [0.1, 0.15) is 6.61 Å². The van der Waals surface area contributed by atoms with Crippen molar-refractivity contribution in [2.24, 2.45) is 0 Å². The maximum atomic E-state index is 12.1. The summed E-state index contributed by atoms with van der Waals surface area (Å²) in [5.74, 6) is -0.270. The zero-order valence-electron chi connectivity index (χ0n) is 43.4. The zero-order chi connectivity index (χ0) is 47.4. The molecule has 2 nitrogen and oxygen atoms in total. The fourth-order valence-corrected chi connectivity index (χ4v) is 7.46. The second-order valence-electron chi connectivity index (χ2n) is 19.1. The van der Waals surface area contributed by atoms with E-state index in [1.54, 1.807) is 17.7 Å². The summed E-state index contributed by atoms with van der Waals surface area (Å²) in [6.07, 6.45) is 49.1. The molecule has 1 aromatic carbocycles. The molecule has 1 aromatic rings. The van der Waals surface area contributed by atoms with Gasteiger partial charge in [0.2, 0.25) is 0 Å². The number of hydrogen-bond donors (Lipinski definition) is 0. The van der Waals surface area contributed by atoms with Gasteiger partial charge in [0, 0.05) is 0 Å². The third-order valence-corrected chi connectivity index (χ3v) is 12.0. The lowest BCUT2D eigenvalue weighted by Crippen LogP contribution is -2.04. The molecule has 0 fully saturated rings. The highest BCUT2D eigenvalue weighted by atomic mass is 16.5. The summed E-state index contributed by atoms with van der Waals surface area (Å²) in [5, 5.41) is 0. The largest absolute Gasteiger partial charge is 0.458 e. The standard InChI is InChI=1S/C62H94O2/c1-50(2)26-16-27-51(3)28-17-29-52(4)30-18-31-53(5)32-19-33-54(6)34-20-35-55(7)36-21-37-56(8)38-22-39-57(9)40-23-41-58(10)42-24-43-59(11)44-25-45-60(12)48-49-64-62(63)61-46-14-13-15-47-61/h13-15,26,28-29,32,34,36,38,40,42,44,46-48H,16-25,27,30-31,33,35,37,39,41,43,45,49H2,1-12H3/b51-28+,52-29+,53-32+,54-34+,55-36+,56-38+,57-40+,58-42+,59-44+,60-48+. The maximum Gasteiger partial charge on any atom is 0.338 e. The van der Waals surface area contributed by atoms with Crippen molar-refractivity contribution in [3.63, 3.8) is 0 Å². The van der Waals surface area contributed by atoms with Crippen LogP contribution in [0.1, 0.15) is 222 Å². The first-order valence-electron chi connectivity index (χ1n) is 25.1. The van der Waals surface area contributed by atoms with Gasteiger partial charge in [0.25, 0.3) is 0 Å². The number of ether oxygens (including phenoxy) is 1. The molecule has 64 heavy (non-hydrogen) atoms. The van der Waals surface area contributed by atoms with Crippen molar-refractivity contribution < 1.29 is 9.53 Å². The summed E-state index contributed by atoms with van der Waals surface area (Å²) in [7, 11) is 0. The Morgan fingerprint density at radius 3 is 0.984 bits per heavy atom. The van der Waals surface area contributed by atoms with Crippen molar-refractivity contribution >= 4 is 5.97 Å². The van der Waals surface area contributed by atoms with Crippen LogP contribution in [0.5, 0.6) is 0 Å². The van der Waals surface area contributed by atoms with Crippen LogP contribution in [0.25, 0.3) is 0 Å². The van der Waals surface area contributed by atoms with Gasteiger partial charge >= 0.3 is 5.97 Å². The first-order valence-corrected chi connectivity index (χ1v) is 25.1. The molecule has 0 heterocycles. The van der Waals surface area contributed by atoms with Crippen molar-refractivity contribution in [3.05, 3.63) is 164 Å². The van der Waals surface area contributed by atoms with E-state index in [4.69, 9.17) is 4.74 Å².